The first-order valence-corrected chi connectivity index (χ1v) is 12.6. The summed E-state index contributed by atoms with van der Waals surface area (Å²) in [6.07, 6.45) is -0.694. The summed E-state index contributed by atoms with van der Waals surface area (Å²) in [5.41, 5.74) is 5.13. The van der Waals surface area contributed by atoms with Crippen LogP contribution in [0.3, 0.4) is 0 Å². The quantitative estimate of drug-likeness (QED) is 0.349. The van der Waals surface area contributed by atoms with Gasteiger partial charge in [0.1, 0.15) is 23.6 Å². The van der Waals surface area contributed by atoms with E-state index in [1.807, 2.05) is 48.5 Å². The van der Waals surface area contributed by atoms with Crippen molar-refractivity contribution >= 4 is 33.8 Å². The molecule has 0 aliphatic heterocycles. The zero-order valence-corrected chi connectivity index (χ0v) is 20.0. The maximum atomic E-state index is 12.6. The van der Waals surface area contributed by atoms with Gasteiger partial charge < -0.3 is 15.2 Å². The molecule has 0 fully saturated rings. The first-order chi connectivity index (χ1) is 17.4. The Labute approximate surface area is 210 Å². The van der Waals surface area contributed by atoms with Gasteiger partial charge in [0.25, 0.3) is 0 Å². The number of carboxylic acid groups (broad SMARTS) is 1. The molecule has 0 heterocycles. The van der Waals surface area contributed by atoms with Crippen LogP contribution in [-0.4, -0.2) is 34.0 Å². The zero-order valence-electron chi connectivity index (χ0n) is 19.2. The van der Waals surface area contributed by atoms with Crippen molar-refractivity contribution in [2.24, 2.45) is 5.14 Å². The summed E-state index contributed by atoms with van der Waals surface area (Å²) in [5.74, 6) is -1.27. The third-order valence-corrected chi connectivity index (χ3v) is 7.20. The van der Waals surface area contributed by atoms with E-state index < -0.39 is 29.1 Å². The Morgan fingerprint density at radius 2 is 1.53 bits per heavy atom. The van der Waals surface area contributed by atoms with E-state index in [-0.39, 0.29) is 18.9 Å². The molecular weight excluding hydrogens is 476 g/mol. The Bertz CT molecular complexity index is 1460. The highest BCUT2D eigenvalue weighted by Gasteiger charge is 2.29. The Morgan fingerprint density at radius 1 is 0.917 bits per heavy atom. The summed E-state index contributed by atoms with van der Waals surface area (Å²) < 4.78 is 17.0. The SMILES string of the molecule is N[S@@](=O)c1ccc2cc(C[C@H](NC(=O)OCC3c4ccccc4-c4ccccc43)C(=O)O)ccc2c1. The average molecular weight is 501 g/mol. The van der Waals surface area contributed by atoms with Crippen molar-refractivity contribution in [2.75, 3.05) is 6.61 Å². The number of aliphatic carboxylic acids is 1. The predicted molar refractivity (Wildman–Crippen MR) is 138 cm³/mol. The number of alkyl carbamates (subject to hydrolysis) is 1. The van der Waals surface area contributed by atoms with Crippen molar-refractivity contribution < 1.29 is 23.6 Å². The molecule has 5 rings (SSSR count). The molecule has 182 valence electrons. The minimum Gasteiger partial charge on any atom is -0.480 e. The summed E-state index contributed by atoms with van der Waals surface area (Å²) in [6, 6.07) is 25.5. The van der Waals surface area contributed by atoms with E-state index in [0.29, 0.717) is 4.90 Å². The van der Waals surface area contributed by atoms with Gasteiger partial charge in [0, 0.05) is 12.3 Å². The molecule has 0 unspecified atom stereocenters. The van der Waals surface area contributed by atoms with Crippen LogP contribution in [0.4, 0.5) is 4.79 Å². The lowest BCUT2D eigenvalue weighted by atomic mass is 9.98. The standard InChI is InChI=1S/C28H24N2O5S/c29-36(34)20-12-11-18-13-17(9-10-19(18)15-20)14-26(27(31)32)30-28(33)35-16-25-23-7-3-1-5-21(23)22-6-2-4-8-24(22)25/h1-13,15,25-26H,14,16,29H2,(H,30,33)(H,31,32)/t26-,36-/m0/s1. The molecule has 1 aliphatic carbocycles. The van der Waals surface area contributed by atoms with Crippen LogP contribution >= 0.6 is 0 Å². The normalized spacial score (nSPS) is 14.0. The number of ether oxygens (including phenoxy) is 1. The van der Waals surface area contributed by atoms with E-state index in [4.69, 9.17) is 9.88 Å². The molecule has 4 aromatic carbocycles. The summed E-state index contributed by atoms with van der Waals surface area (Å²) in [6.45, 7) is 0.104. The van der Waals surface area contributed by atoms with Crippen LogP contribution in [0.25, 0.3) is 21.9 Å². The third kappa shape index (κ3) is 4.73. The fraction of sp³-hybridized carbons (Fsp3) is 0.143. The second kappa shape index (κ2) is 9.93. The van der Waals surface area contributed by atoms with E-state index in [0.717, 1.165) is 38.6 Å². The molecule has 0 spiro atoms. The lowest BCUT2D eigenvalue weighted by Gasteiger charge is -2.18. The van der Waals surface area contributed by atoms with Crippen LogP contribution in [0.15, 0.2) is 89.8 Å². The van der Waals surface area contributed by atoms with Crippen LogP contribution in [0.5, 0.6) is 0 Å². The largest absolute Gasteiger partial charge is 0.480 e. The van der Waals surface area contributed by atoms with Gasteiger partial charge in [0.05, 0.1) is 4.90 Å². The van der Waals surface area contributed by atoms with Crippen molar-refractivity contribution in [3.05, 3.63) is 102 Å². The van der Waals surface area contributed by atoms with E-state index in [2.05, 4.69) is 17.4 Å². The first kappa shape index (κ1) is 23.7. The number of amides is 1. The van der Waals surface area contributed by atoms with Gasteiger partial charge >= 0.3 is 12.1 Å². The van der Waals surface area contributed by atoms with E-state index in [9.17, 15) is 18.9 Å². The molecule has 2 atom stereocenters. The fourth-order valence-corrected chi connectivity index (χ4v) is 5.19. The number of carbonyl (C=O) groups excluding carboxylic acids is 1. The maximum Gasteiger partial charge on any atom is 0.407 e. The van der Waals surface area contributed by atoms with Gasteiger partial charge in [0.2, 0.25) is 0 Å². The second-order valence-corrected chi connectivity index (χ2v) is 9.77. The topological polar surface area (TPSA) is 119 Å². The van der Waals surface area contributed by atoms with Crippen molar-refractivity contribution in [1.29, 1.82) is 0 Å². The summed E-state index contributed by atoms with van der Waals surface area (Å²) in [5, 5.41) is 19.3. The molecule has 1 aliphatic rings. The highest BCUT2D eigenvalue weighted by molar-refractivity contribution is 7.82. The van der Waals surface area contributed by atoms with Gasteiger partial charge in [-0.3, -0.25) is 0 Å². The Morgan fingerprint density at radius 3 is 2.17 bits per heavy atom. The van der Waals surface area contributed by atoms with Gasteiger partial charge in [0.15, 0.2) is 0 Å². The molecule has 0 saturated carbocycles. The van der Waals surface area contributed by atoms with Gasteiger partial charge in [-0.2, -0.15) is 0 Å². The Kier molecular flexibility index (Phi) is 6.54. The molecule has 7 nitrogen and oxygen atoms in total. The van der Waals surface area contributed by atoms with Crippen LogP contribution in [0.1, 0.15) is 22.6 Å². The van der Waals surface area contributed by atoms with Crippen molar-refractivity contribution in [3.8, 4) is 11.1 Å². The molecule has 0 aromatic heterocycles. The minimum atomic E-state index is -1.58. The number of hydrogen-bond acceptors (Lipinski definition) is 4. The zero-order chi connectivity index (χ0) is 25.2. The smallest absolute Gasteiger partial charge is 0.407 e. The molecule has 4 aromatic rings. The van der Waals surface area contributed by atoms with Gasteiger partial charge in [-0.25, -0.2) is 18.9 Å². The van der Waals surface area contributed by atoms with Crippen molar-refractivity contribution in [2.45, 2.75) is 23.3 Å². The average Bonchev–Trinajstić information content (AvgIpc) is 3.20. The predicted octanol–water partition coefficient (Wildman–Crippen LogP) is 4.36. The third-order valence-electron chi connectivity index (χ3n) is 6.48. The Hall–Kier alpha value is -4.01. The lowest BCUT2D eigenvalue weighted by Crippen LogP contribution is -2.42. The number of carbonyl (C=O) groups is 2. The summed E-state index contributed by atoms with van der Waals surface area (Å²) in [7, 11) is -1.58. The number of benzene rings is 4. The second-order valence-electron chi connectivity index (χ2n) is 8.71. The van der Waals surface area contributed by atoms with Gasteiger partial charge in [-0.15, -0.1) is 0 Å². The molecule has 0 saturated heterocycles. The molecule has 36 heavy (non-hydrogen) atoms. The van der Waals surface area contributed by atoms with Gasteiger partial charge in [-0.05, 0) is 50.7 Å². The van der Waals surface area contributed by atoms with Crippen LogP contribution < -0.4 is 10.5 Å². The molecule has 0 bridgehead atoms. The molecule has 8 heteroatoms. The molecule has 1 amide bonds. The Balaban J connectivity index is 1.26. The molecule has 0 radical (unpaired) electrons. The minimum absolute atomic E-state index is 0.0834. The molecular formula is C28H24N2O5S. The molecule has 4 N–H and O–H groups in total. The van der Waals surface area contributed by atoms with E-state index in [1.54, 1.807) is 24.3 Å². The van der Waals surface area contributed by atoms with Crippen LogP contribution in [-0.2, 0) is 26.9 Å². The lowest BCUT2D eigenvalue weighted by molar-refractivity contribution is -0.139. The maximum absolute atomic E-state index is 12.6. The number of carboxylic acids is 1. The number of fused-ring (bicyclic) bond motifs is 4. The van der Waals surface area contributed by atoms with Crippen molar-refractivity contribution in [3.63, 3.8) is 0 Å². The van der Waals surface area contributed by atoms with Crippen LogP contribution in [0.2, 0.25) is 0 Å². The summed E-state index contributed by atoms with van der Waals surface area (Å²) in [4.78, 5) is 25.0. The summed E-state index contributed by atoms with van der Waals surface area (Å²) >= 11 is 0. The highest BCUT2D eigenvalue weighted by atomic mass is 32.2. The fourth-order valence-electron chi connectivity index (χ4n) is 4.74. The monoisotopic (exact) mass is 500 g/mol. The highest BCUT2D eigenvalue weighted by Crippen LogP contribution is 2.44. The van der Waals surface area contributed by atoms with Crippen molar-refractivity contribution in [1.82, 2.24) is 5.32 Å². The van der Waals surface area contributed by atoms with Crippen LogP contribution in [0, 0.1) is 0 Å². The number of rotatable bonds is 7. The number of nitrogens with one attached hydrogen (secondary N) is 1. The van der Waals surface area contributed by atoms with E-state index >= 15 is 0 Å². The number of hydrogen-bond donors (Lipinski definition) is 3. The van der Waals surface area contributed by atoms with E-state index in [1.165, 1.54) is 0 Å². The number of nitrogens with two attached hydrogens (primary N) is 1. The first-order valence-electron chi connectivity index (χ1n) is 11.4. The van der Waals surface area contributed by atoms with Gasteiger partial charge in [-0.1, -0.05) is 72.8 Å².